The van der Waals surface area contributed by atoms with Crippen LogP contribution in [-0.2, 0) is 16.6 Å². The highest BCUT2D eigenvalue weighted by Gasteiger charge is 2.34. The van der Waals surface area contributed by atoms with Crippen LogP contribution in [0.2, 0.25) is 0 Å². The maximum absolute atomic E-state index is 12.3. The van der Waals surface area contributed by atoms with Crippen LogP contribution in [0.1, 0.15) is 26.3 Å². The number of fused-ring (bicyclic) bond motifs is 1. The third-order valence-corrected chi connectivity index (χ3v) is 5.15. The zero-order chi connectivity index (χ0) is 16.6. The van der Waals surface area contributed by atoms with Gasteiger partial charge >= 0.3 is 0 Å². The fourth-order valence-electron chi connectivity index (χ4n) is 2.46. The van der Waals surface area contributed by atoms with Gasteiger partial charge < -0.3 is 0 Å². The fourth-order valence-corrected chi connectivity index (χ4v) is 3.19. The molecule has 2 aromatic carbocycles. The van der Waals surface area contributed by atoms with Crippen molar-refractivity contribution in [2.24, 2.45) is 0 Å². The zero-order valence-corrected chi connectivity index (χ0v) is 13.1. The van der Waals surface area contributed by atoms with Crippen molar-refractivity contribution < 1.29 is 18.0 Å². The minimum atomic E-state index is -3.50. The Hall–Kier alpha value is -2.51. The van der Waals surface area contributed by atoms with Crippen molar-refractivity contribution in [2.45, 2.75) is 11.4 Å². The minimum Gasteiger partial charge on any atom is -0.270 e. The summed E-state index contributed by atoms with van der Waals surface area (Å²) in [6.45, 7) is 0.103. The average Bonchev–Trinajstić information content (AvgIpc) is 2.81. The highest BCUT2D eigenvalue weighted by Crippen LogP contribution is 2.24. The molecule has 2 aromatic rings. The third kappa shape index (κ3) is 2.64. The summed E-state index contributed by atoms with van der Waals surface area (Å²) in [5.41, 5.74) is 1.47. The predicted octanol–water partition coefficient (Wildman–Crippen LogP) is 1.39. The van der Waals surface area contributed by atoms with Crippen LogP contribution < -0.4 is 4.72 Å². The first-order chi connectivity index (χ1) is 10.9. The van der Waals surface area contributed by atoms with Gasteiger partial charge in [-0.15, -0.1) is 0 Å². The van der Waals surface area contributed by atoms with Gasteiger partial charge in [-0.05, 0) is 36.9 Å². The Balaban J connectivity index is 1.84. The number of imide groups is 1. The summed E-state index contributed by atoms with van der Waals surface area (Å²) in [5.74, 6) is -0.671. The van der Waals surface area contributed by atoms with E-state index >= 15 is 0 Å². The molecule has 0 saturated heterocycles. The van der Waals surface area contributed by atoms with Crippen LogP contribution in [0.3, 0.4) is 0 Å². The molecule has 1 heterocycles. The first kappa shape index (κ1) is 15.4. The van der Waals surface area contributed by atoms with E-state index in [0.29, 0.717) is 16.7 Å². The number of nitrogens with zero attached hydrogens (tertiary/aromatic N) is 1. The molecule has 1 aliphatic heterocycles. The van der Waals surface area contributed by atoms with Crippen LogP contribution in [0.15, 0.2) is 53.4 Å². The first-order valence-corrected chi connectivity index (χ1v) is 8.40. The van der Waals surface area contributed by atoms with Crippen molar-refractivity contribution in [3.8, 4) is 0 Å². The van der Waals surface area contributed by atoms with E-state index in [1.807, 2.05) is 0 Å². The Kier molecular flexibility index (Phi) is 3.75. The SMILES string of the molecule is CNS(=O)(=O)c1ccc(CN2C(=O)c3ccccc3C2=O)cc1. The second kappa shape index (κ2) is 5.60. The van der Waals surface area contributed by atoms with Gasteiger partial charge in [-0.2, -0.15) is 0 Å². The van der Waals surface area contributed by atoms with Gasteiger partial charge in [-0.25, -0.2) is 13.1 Å². The van der Waals surface area contributed by atoms with Gasteiger partial charge in [0.15, 0.2) is 0 Å². The number of carbonyl (C=O) groups is 2. The molecule has 0 saturated carbocycles. The second-order valence-corrected chi connectivity index (χ2v) is 6.98. The summed E-state index contributed by atoms with van der Waals surface area (Å²) in [6.07, 6.45) is 0. The van der Waals surface area contributed by atoms with Crippen LogP contribution in [0.5, 0.6) is 0 Å². The van der Waals surface area contributed by atoms with Gasteiger partial charge in [0.05, 0.1) is 22.6 Å². The van der Waals surface area contributed by atoms with Crippen LogP contribution in [0.25, 0.3) is 0 Å². The van der Waals surface area contributed by atoms with Crippen LogP contribution in [0, 0.1) is 0 Å². The van der Waals surface area contributed by atoms with Crippen molar-refractivity contribution in [1.29, 1.82) is 0 Å². The molecule has 0 aliphatic carbocycles. The van der Waals surface area contributed by atoms with Crippen LogP contribution in [-0.4, -0.2) is 32.2 Å². The highest BCUT2D eigenvalue weighted by molar-refractivity contribution is 7.89. The molecule has 7 heteroatoms. The van der Waals surface area contributed by atoms with Crippen molar-refractivity contribution in [3.63, 3.8) is 0 Å². The van der Waals surface area contributed by atoms with Gasteiger partial charge in [0.2, 0.25) is 10.0 Å². The van der Waals surface area contributed by atoms with Gasteiger partial charge in [0.1, 0.15) is 0 Å². The number of carbonyl (C=O) groups excluding carboxylic acids is 2. The molecule has 1 N–H and O–H groups in total. The van der Waals surface area contributed by atoms with E-state index in [0.717, 1.165) is 4.90 Å². The molecule has 0 aromatic heterocycles. The molecular weight excluding hydrogens is 316 g/mol. The van der Waals surface area contributed by atoms with Gasteiger partial charge in [-0.1, -0.05) is 24.3 Å². The predicted molar refractivity (Wildman–Crippen MR) is 83.3 cm³/mol. The monoisotopic (exact) mass is 330 g/mol. The van der Waals surface area contributed by atoms with Gasteiger partial charge in [0.25, 0.3) is 11.8 Å². The Bertz CT molecular complexity index is 854. The number of hydrogen-bond donors (Lipinski definition) is 1. The van der Waals surface area contributed by atoms with E-state index in [-0.39, 0.29) is 23.3 Å². The lowest BCUT2D eigenvalue weighted by Crippen LogP contribution is -2.29. The molecule has 0 atom stereocenters. The van der Waals surface area contributed by atoms with Gasteiger partial charge in [0, 0.05) is 0 Å². The smallest absolute Gasteiger partial charge is 0.261 e. The van der Waals surface area contributed by atoms with E-state index in [1.54, 1.807) is 36.4 Å². The molecule has 2 amide bonds. The second-order valence-electron chi connectivity index (χ2n) is 5.09. The largest absolute Gasteiger partial charge is 0.270 e. The summed E-state index contributed by atoms with van der Waals surface area (Å²) in [6, 6.07) is 12.7. The molecular formula is C16H14N2O4S. The fraction of sp³-hybridized carbons (Fsp3) is 0.125. The summed E-state index contributed by atoms with van der Waals surface area (Å²) in [4.78, 5) is 25.9. The zero-order valence-electron chi connectivity index (χ0n) is 12.3. The molecule has 0 fully saturated rings. The van der Waals surface area contributed by atoms with E-state index in [1.165, 1.54) is 19.2 Å². The van der Waals surface area contributed by atoms with Crippen molar-refractivity contribution in [3.05, 3.63) is 65.2 Å². The van der Waals surface area contributed by atoms with Crippen LogP contribution in [0.4, 0.5) is 0 Å². The van der Waals surface area contributed by atoms with Crippen molar-refractivity contribution in [1.82, 2.24) is 9.62 Å². The number of sulfonamides is 1. The van der Waals surface area contributed by atoms with Crippen LogP contribution >= 0.6 is 0 Å². The molecule has 6 nitrogen and oxygen atoms in total. The highest BCUT2D eigenvalue weighted by atomic mass is 32.2. The van der Waals surface area contributed by atoms with E-state index in [9.17, 15) is 18.0 Å². The number of rotatable bonds is 4. The number of nitrogens with one attached hydrogen (secondary N) is 1. The third-order valence-electron chi connectivity index (χ3n) is 3.72. The molecule has 118 valence electrons. The van der Waals surface area contributed by atoms with E-state index in [2.05, 4.69) is 4.72 Å². The normalized spacial score (nSPS) is 14.2. The van der Waals surface area contributed by atoms with Crippen molar-refractivity contribution in [2.75, 3.05) is 7.05 Å². The molecule has 0 bridgehead atoms. The molecule has 0 radical (unpaired) electrons. The summed E-state index contributed by atoms with van der Waals surface area (Å²) < 4.78 is 25.6. The molecule has 0 spiro atoms. The molecule has 3 rings (SSSR count). The summed E-state index contributed by atoms with van der Waals surface area (Å²) in [7, 11) is -2.17. The minimum absolute atomic E-state index is 0.103. The quantitative estimate of drug-likeness (QED) is 0.859. The lowest BCUT2D eigenvalue weighted by atomic mass is 10.1. The topological polar surface area (TPSA) is 83.6 Å². The Morgan fingerprint density at radius 1 is 0.913 bits per heavy atom. The summed E-state index contributed by atoms with van der Waals surface area (Å²) >= 11 is 0. The Morgan fingerprint density at radius 2 is 1.43 bits per heavy atom. The maximum atomic E-state index is 12.3. The lowest BCUT2D eigenvalue weighted by molar-refractivity contribution is 0.0642. The molecule has 1 aliphatic rings. The lowest BCUT2D eigenvalue weighted by Gasteiger charge is -2.14. The average molecular weight is 330 g/mol. The molecule has 0 unspecified atom stereocenters. The maximum Gasteiger partial charge on any atom is 0.261 e. The van der Waals surface area contributed by atoms with E-state index < -0.39 is 10.0 Å². The Morgan fingerprint density at radius 3 is 1.91 bits per heavy atom. The first-order valence-electron chi connectivity index (χ1n) is 6.92. The molecule has 23 heavy (non-hydrogen) atoms. The summed E-state index contributed by atoms with van der Waals surface area (Å²) in [5, 5.41) is 0. The Labute approximate surface area is 133 Å². The number of benzene rings is 2. The standard InChI is InChI=1S/C16H14N2O4S/c1-17-23(21,22)12-8-6-11(7-9-12)10-18-15(19)13-4-2-3-5-14(13)16(18)20/h2-9,17H,10H2,1H3. The van der Waals surface area contributed by atoms with Gasteiger partial charge in [-0.3, -0.25) is 14.5 Å². The number of hydrogen-bond acceptors (Lipinski definition) is 4. The number of amides is 2. The van der Waals surface area contributed by atoms with E-state index in [4.69, 9.17) is 0 Å². The van der Waals surface area contributed by atoms with Crippen molar-refractivity contribution >= 4 is 21.8 Å².